The van der Waals surface area contributed by atoms with E-state index in [0.29, 0.717) is 12.5 Å². The van der Waals surface area contributed by atoms with Crippen LogP contribution >= 0.6 is 0 Å². The molecule has 0 fully saturated rings. The van der Waals surface area contributed by atoms with Gasteiger partial charge in [0.2, 0.25) is 0 Å². The van der Waals surface area contributed by atoms with Crippen LogP contribution in [0.2, 0.25) is 0 Å². The molecule has 0 saturated heterocycles. The topological polar surface area (TPSA) is 37.3 Å². The highest BCUT2D eigenvalue weighted by Gasteiger charge is 2.19. The molecule has 0 atom stereocenters. The molecular weight excluding hydrogens is 358 g/mol. The van der Waals surface area contributed by atoms with Gasteiger partial charge in [-0.25, -0.2) is 4.79 Å². The third kappa shape index (κ3) is 4.43. The van der Waals surface area contributed by atoms with E-state index in [-0.39, 0.29) is 6.03 Å². The van der Waals surface area contributed by atoms with E-state index in [0.717, 1.165) is 42.5 Å². The van der Waals surface area contributed by atoms with Gasteiger partial charge < -0.3 is 5.32 Å². The lowest BCUT2D eigenvalue weighted by molar-refractivity contribution is 0.243. The highest BCUT2D eigenvalue weighted by molar-refractivity contribution is 5.99. The predicted molar refractivity (Wildman–Crippen MR) is 120 cm³/mol. The summed E-state index contributed by atoms with van der Waals surface area (Å²) in [5.41, 5.74) is 4.58. The highest BCUT2D eigenvalue weighted by Crippen LogP contribution is 2.31. The molecule has 2 aromatic carbocycles. The Labute approximate surface area is 172 Å². The summed E-state index contributed by atoms with van der Waals surface area (Å²) in [7, 11) is 0. The highest BCUT2D eigenvalue weighted by atomic mass is 16.2. The van der Waals surface area contributed by atoms with E-state index in [4.69, 9.17) is 0 Å². The number of para-hydroxylation sites is 1. The molecule has 3 aromatic rings. The average Bonchev–Trinajstić information content (AvgIpc) is 3.13. The predicted octanol–water partition coefficient (Wildman–Crippen LogP) is 5.14. The Balaban J connectivity index is 1.57. The van der Waals surface area contributed by atoms with Crippen molar-refractivity contribution in [3.63, 3.8) is 0 Å². The number of benzene rings is 2. The van der Waals surface area contributed by atoms with E-state index in [1.54, 1.807) is 4.57 Å². The smallest absolute Gasteiger partial charge is 0.326 e. The molecule has 150 valence electrons. The molecule has 2 heterocycles. The maximum absolute atomic E-state index is 12.9. The van der Waals surface area contributed by atoms with Crippen molar-refractivity contribution in [2.24, 2.45) is 5.92 Å². The minimum atomic E-state index is -0.0888. The van der Waals surface area contributed by atoms with Crippen LogP contribution in [0, 0.1) is 5.92 Å². The van der Waals surface area contributed by atoms with Gasteiger partial charge in [-0.05, 0) is 29.5 Å². The molecule has 4 heteroatoms. The summed E-state index contributed by atoms with van der Waals surface area (Å²) in [6.07, 6.45) is 5.36. The van der Waals surface area contributed by atoms with E-state index in [1.165, 1.54) is 11.1 Å². The number of nitrogens with zero attached hydrogens (tertiary/aromatic N) is 2. The Hall–Kier alpha value is -2.85. The molecule has 1 N–H and O–H groups in total. The normalized spacial score (nSPS) is 14.9. The fraction of sp³-hybridized carbons (Fsp3) is 0.320. The van der Waals surface area contributed by atoms with Gasteiger partial charge in [0, 0.05) is 43.3 Å². The zero-order chi connectivity index (χ0) is 20.2. The first kappa shape index (κ1) is 19.5. The van der Waals surface area contributed by atoms with Crippen LogP contribution in [-0.2, 0) is 6.54 Å². The molecule has 1 aliphatic heterocycles. The van der Waals surface area contributed by atoms with Gasteiger partial charge in [0.1, 0.15) is 0 Å². The van der Waals surface area contributed by atoms with Crippen LogP contribution in [-0.4, -0.2) is 35.1 Å². The quantitative estimate of drug-likeness (QED) is 0.658. The summed E-state index contributed by atoms with van der Waals surface area (Å²) in [6, 6.07) is 18.1. The summed E-state index contributed by atoms with van der Waals surface area (Å²) in [6.45, 7) is 8.24. The monoisotopic (exact) mass is 387 g/mol. The van der Waals surface area contributed by atoms with E-state index in [9.17, 15) is 4.79 Å². The fourth-order valence-electron chi connectivity index (χ4n) is 4.10. The van der Waals surface area contributed by atoms with Gasteiger partial charge in [-0.15, -0.1) is 0 Å². The number of nitrogens with one attached hydrogen (secondary N) is 1. The van der Waals surface area contributed by atoms with Gasteiger partial charge >= 0.3 is 6.03 Å². The number of fused-ring (bicyclic) bond motifs is 1. The number of hydrogen-bond donors (Lipinski definition) is 1. The number of amides is 1. The summed E-state index contributed by atoms with van der Waals surface area (Å²) in [4.78, 5) is 15.4. The van der Waals surface area contributed by atoms with Crippen LogP contribution < -0.4 is 5.32 Å². The summed E-state index contributed by atoms with van der Waals surface area (Å²) < 4.78 is 1.76. The number of rotatable bonds is 5. The Morgan fingerprint density at radius 1 is 1.07 bits per heavy atom. The molecule has 0 bridgehead atoms. The molecule has 1 aliphatic rings. The van der Waals surface area contributed by atoms with Crippen LogP contribution in [0.25, 0.3) is 16.5 Å². The second kappa shape index (κ2) is 8.66. The average molecular weight is 388 g/mol. The van der Waals surface area contributed by atoms with Gasteiger partial charge in [-0.3, -0.25) is 9.47 Å². The number of hydrogen-bond acceptors (Lipinski definition) is 2. The van der Waals surface area contributed by atoms with Gasteiger partial charge in [0.25, 0.3) is 0 Å². The second-order valence-corrected chi connectivity index (χ2v) is 8.21. The van der Waals surface area contributed by atoms with E-state index in [2.05, 4.69) is 36.2 Å². The van der Waals surface area contributed by atoms with Gasteiger partial charge in [0.05, 0.1) is 5.52 Å². The lowest BCUT2D eigenvalue weighted by Crippen LogP contribution is -2.31. The Bertz CT molecular complexity index is 1020. The minimum Gasteiger partial charge on any atom is -0.333 e. The first-order valence-corrected chi connectivity index (χ1v) is 10.5. The maximum atomic E-state index is 12.9. The van der Waals surface area contributed by atoms with Crippen LogP contribution in [0.4, 0.5) is 4.79 Å². The van der Waals surface area contributed by atoms with Crippen LogP contribution in [0.3, 0.4) is 0 Å². The molecule has 4 nitrogen and oxygen atoms in total. The lowest BCUT2D eigenvalue weighted by Gasteiger charge is -2.27. The molecule has 0 spiro atoms. The molecule has 0 saturated carbocycles. The molecule has 0 radical (unpaired) electrons. The number of carbonyl (C=O) groups is 1. The third-order valence-electron chi connectivity index (χ3n) is 5.48. The molecule has 0 aliphatic carbocycles. The summed E-state index contributed by atoms with van der Waals surface area (Å²) >= 11 is 0. The third-order valence-corrected chi connectivity index (χ3v) is 5.48. The Morgan fingerprint density at radius 3 is 2.55 bits per heavy atom. The van der Waals surface area contributed by atoms with E-state index >= 15 is 0 Å². The van der Waals surface area contributed by atoms with Gasteiger partial charge in [-0.1, -0.05) is 68.5 Å². The summed E-state index contributed by atoms with van der Waals surface area (Å²) in [5.74, 6) is 0.681. The molecule has 29 heavy (non-hydrogen) atoms. The van der Waals surface area contributed by atoms with Gasteiger partial charge in [0.15, 0.2) is 0 Å². The molecule has 1 aromatic heterocycles. The lowest BCUT2D eigenvalue weighted by atomic mass is 9.98. The maximum Gasteiger partial charge on any atom is 0.326 e. The van der Waals surface area contributed by atoms with Crippen molar-refractivity contribution < 1.29 is 4.79 Å². The van der Waals surface area contributed by atoms with Crippen molar-refractivity contribution >= 4 is 22.5 Å². The fourth-order valence-corrected chi connectivity index (χ4v) is 4.10. The zero-order valence-electron chi connectivity index (χ0n) is 17.3. The number of carbonyl (C=O) groups excluding carboxylic acids is 1. The first-order chi connectivity index (χ1) is 14.1. The van der Waals surface area contributed by atoms with Crippen molar-refractivity contribution in [1.29, 1.82) is 0 Å². The number of aromatic nitrogens is 1. The molecule has 1 amide bonds. The van der Waals surface area contributed by atoms with E-state index < -0.39 is 0 Å². The van der Waals surface area contributed by atoms with E-state index in [1.807, 2.05) is 54.7 Å². The summed E-state index contributed by atoms with van der Waals surface area (Å²) in [5, 5.41) is 4.19. The molecule has 0 unspecified atom stereocenters. The van der Waals surface area contributed by atoms with Crippen molar-refractivity contribution in [1.82, 2.24) is 14.8 Å². The van der Waals surface area contributed by atoms with Crippen LogP contribution in [0.5, 0.6) is 0 Å². The molecular formula is C25H29N3O. The Kier molecular flexibility index (Phi) is 5.81. The second-order valence-electron chi connectivity index (χ2n) is 8.21. The van der Waals surface area contributed by atoms with Crippen LogP contribution in [0.1, 0.15) is 31.4 Å². The van der Waals surface area contributed by atoms with Crippen molar-refractivity contribution in [2.75, 3.05) is 19.6 Å². The Morgan fingerprint density at radius 2 is 1.83 bits per heavy atom. The zero-order valence-corrected chi connectivity index (χ0v) is 17.3. The SMILES string of the molecule is CC(C)CN1CC=C(c2cn(C(=O)NCc3ccccc3)c3ccccc23)CC1. The van der Waals surface area contributed by atoms with Crippen molar-refractivity contribution in [3.05, 3.63) is 78.0 Å². The largest absolute Gasteiger partial charge is 0.333 e. The first-order valence-electron chi connectivity index (χ1n) is 10.5. The van der Waals surface area contributed by atoms with Crippen molar-refractivity contribution in [3.8, 4) is 0 Å². The molecule has 4 rings (SSSR count). The van der Waals surface area contributed by atoms with Crippen LogP contribution in [0.15, 0.2) is 66.9 Å². The minimum absolute atomic E-state index is 0.0888. The van der Waals surface area contributed by atoms with Crippen molar-refractivity contribution in [2.45, 2.75) is 26.8 Å². The van der Waals surface area contributed by atoms with Gasteiger partial charge in [-0.2, -0.15) is 0 Å². The standard InChI is InChI=1S/C25H29N3O/c1-19(2)17-27-14-12-21(13-15-27)23-18-28(24-11-7-6-10-22(23)24)25(29)26-16-20-8-4-3-5-9-20/h3-12,18-19H,13-17H2,1-2H3,(H,26,29).